The highest BCUT2D eigenvalue weighted by Gasteiger charge is 2.31. The number of nitrogens with zero attached hydrogens (tertiary/aromatic N) is 4. The van der Waals surface area contributed by atoms with Gasteiger partial charge in [-0.15, -0.1) is 0 Å². The van der Waals surface area contributed by atoms with Gasteiger partial charge in [0, 0.05) is 43.2 Å². The average molecular weight is 501 g/mol. The number of aryl methyl sites for hydroxylation is 1. The molecule has 0 bridgehead atoms. The summed E-state index contributed by atoms with van der Waals surface area (Å²) in [6.45, 7) is 3.11. The molecule has 0 aliphatic carbocycles. The van der Waals surface area contributed by atoms with Crippen molar-refractivity contribution in [2.45, 2.75) is 38.8 Å². The molecule has 1 saturated heterocycles. The molecule has 3 heterocycles. The third-order valence-electron chi connectivity index (χ3n) is 6.41. The van der Waals surface area contributed by atoms with Crippen LogP contribution < -0.4 is 0 Å². The Bertz CT molecular complexity index is 1370. The van der Waals surface area contributed by atoms with Crippen LogP contribution in [0, 0.1) is 12.7 Å². The van der Waals surface area contributed by atoms with E-state index in [1.165, 1.54) is 12.1 Å². The predicted molar refractivity (Wildman–Crippen MR) is 138 cm³/mol. The number of halogens is 1. The number of carboxylic acid groups (broad SMARTS) is 1. The summed E-state index contributed by atoms with van der Waals surface area (Å²) in [5, 5.41) is 6.89. The van der Waals surface area contributed by atoms with Crippen molar-refractivity contribution < 1.29 is 19.1 Å². The fourth-order valence-electron chi connectivity index (χ4n) is 4.69. The van der Waals surface area contributed by atoms with Crippen molar-refractivity contribution in [1.82, 2.24) is 19.4 Å². The zero-order valence-electron chi connectivity index (χ0n) is 20.6. The summed E-state index contributed by atoms with van der Waals surface area (Å²) in [5.41, 5.74) is 4.41. The molecule has 190 valence electrons. The number of carbonyl (C=O) groups is 2. The maximum absolute atomic E-state index is 13.6. The van der Waals surface area contributed by atoms with E-state index in [2.05, 4.69) is 9.55 Å². The van der Waals surface area contributed by atoms with Crippen molar-refractivity contribution in [3.8, 4) is 0 Å². The number of pyridine rings is 1. The monoisotopic (exact) mass is 500 g/mol. The minimum atomic E-state index is -0.250. The highest BCUT2D eigenvalue weighted by atomic mass is 19.1. The average Bonchev–Trinajstić information content (AvgIpc) is 3.54. The van der Waals surface area contributed by atoms with Gasteiger partial charge in [0.2, 0.25) is 0 Å². The first-order valence-electron chi connectivity index (χ1n) is 12.1. The van der Waals surface area contributed by atoms with E-state index in [9.17, 15) is 9.18 Å². The van der Waals surface area contributed by atoms with Gasteiger partial charge in [-0.1, -0.05) is 30.3 Å². The van der Waals surface area contributed by atoms with Gasteiger partial charge in [-0.25, -0.2) is 9.37 Å². The van der Waals surface area contributed by atoms with E-state index in [4.69, 9.17) is 14.9 Å². The van der Waals surface area contributed by atoms with Gasteiger partial charge in [-0.05, 0) is 67.3 Å². The second-order valence-electron chi connectivity index (χ2n) is 8.93. The zero-order chi connectivity index (χ0) is 26.2. The number of hydrogen-bond donors (Lipinski definition) is 1. The first kappa shape index (κ1) is 25.8. The van der Waals surface area contributed by atoms with Crippen LogP contribution in [0.4, 0.5) is 4.39 Å². The summed E-state index contributed by atoms with van der Waals surface area (Å²) in [7, 11) is 0. The van der Waals surface area contributed by atoms with Crippen molar-refractivity contribution in [1.29, 1.82) is 0 Å². The van der Waals surface area contributed by atoms with Crippen LogP contribution in [-0.2, 0) is 17.8 Å². The quantitative estimate of drug-likeness (QED) is 0.375. The zero-order valence-corrected chi connectivity index (χ0v) is 20.6. The van der Waals surface area contributed by atoms with Gasteiger partial charge >= 0.3 is 0 Å². The molecule has 1 unspecified atom stereocenters. The molecule has 1 N–H and O–H groups in total. The maximum Gasteiger partial charge on any atom is 0.290 e. The maximum atomic E-state index is 13.6. The molecule has 37 heavy (non-hydrogen) atoms. The Kier molecular flexibility index (Phi) is 8.40. The highest BCUT2D eigenvalue weighted by Crippen LogP contribution is 2.32. The Balaban J connectivity index is 0.00000102. The number of carbonyl (C=O) groups excluding carboxylic acids is 1. The minimum Gasteiger partial charge on any atom is -0.483 e. The van der Waals surface area contributed by atoms with Crippen molar-refractivity contribution in [3.63, 3.8) is 0 Å². The summed E-state index contributed by atoms with van der Waals surface area (Å²) in [4.78, 5) is 32.9. The van der Waals surface area contributed by atoms with Crippen LogP contribution in [0.5, 0.6) is 0 Å². The van der Waals surface area contributed by atoms with Crippen molar-refractivity contribution in [2.24, 2.45) is 0 Å². The molecule has 0 spiro atoms. The molecule has 1 amide bonds. The van der Waals surface area contributed by atoms with E-state index in [-0.39, 0.29) is 24.2 Å². The smallest absolute Gasteiger partial charge is 0.290 e. The van der Waals surface area contributed by atoms with Crippen LogP contribution in [0.2, 0.25) is 0 Å². The molecule has 1 atom stereocenters. The lowest BCUT2D eigenvalue weighted by Crippen LogP contribution is -2.31. The Labute approximate surface area is 215 Å². The number of imidazole rings is 1. The topological polar surface area (TPSA) is 88.3 Å². The lowest BCUT2D eigenvalue weighted by Gasteiger charge is -2.25. The molecule has 1 fully saturated rings. The molecule has 4 aromatic rings. The Morgan fingerprint density at radius 3 is 2.62 bits per heavy atom. The molecule has 0 saturated carbocycles. The molecule has 0 radical (unpaired) electrons. The normalized spacial score (nSPS) is 14.6. The summed E-state index contributed by atoms with van der Waals surface area (Å²) in [6, 6.07) is 20.3. The minimum absolute atomic E-state index is 0.0315. The second-order valence-corrected chi connectivity index (χ2v) is 8.93. The second kappa shape index (κ2) is 12.1. The number of rotatable bonds is 6. The van der Waals surface area contributed by atoms with Crippen LogP contribution in [0.25, 0.3) is 0 Å². The summed E-state index contributed by atoms with van der Waals surface area (Å²) >= 11 is 0. The molecule has 7 nitrogen and oxygen atoms in total. The van der Waals surface area contributed by atoms with E-state index in [0.717, 1.165) is 41.2 Å². The van der Waals surface area contributed by atoms with E-state index in [0.29, 0.717) is 25.1 Å². The number of likely N-dealkylation sites (tertiary alicyclic amines) is 1. The van der Waals surface area contributed by atoms with Crippen LogP contribution in [0.1, 0.15) is 57.6 Å². The van der Waals surface area contributed by atoms with Gasteiger partial charge in [-0.2, -0.15) is 0 Å². The molecule has 2 aromatic heterocycles. The Morgan fingerprint density at radius 1 is 1.11 bits per heavy atom. The third kappa shape index (κ3) is 6.46. The summed E-state index contributed by atoms with van der Waals surface area (Å²) < 4.78 is 15.6. The lowest BCUT2D eigenvalue weighted by atomic mass is 10.1. The van der Waals surface area contributed by atoms with Gasteiger partial charge in [0.25, 0.3) is 12.4 Å². The molecule has 8 heteroatoms. The van der Waals surface area contributed by atoms with Crippen LogP contribution in [0.15, 0.2) is 79.1 Å². The number of aromatic nitrogens is 3. The van der Waals surface area contributed by atoms with Gasteiger partial charge in [0.1, 0.15) is 11.6 Å². The third-order valence-corrected chi connectivity index (χ3v) is 6.41. The number of amides is 1. The van der Waals surface area contributed by atoms with Crippen LogP contribution in [-0.4, -0.2) is 43.5 Å². The summed E-state index contributed by atoms with van der Waals surface area (Å²) in [6.07, 6.45) is 6.12. The van der Waals surface area contributed by atoms with Gasteiger partial charge in [-0.3, -0.25) is 14.6 Å². The first-order chi connectivity index (χ1) is 18.0. The Hall–Kier alpha value is -4.33. The fourth-order valence-corrected chi connectivity index (χ4v) is 4.69. The van der Waals surface area contributed by atoms with E-state index in [1.54, 1.807) is 12.3 Å². The number of hydrogen-bond acceptors (Lipinski definition) is 4. The standard InChI is InChI=1S/C28H27FN4O.CH2O2/c1-20-30-13-15-32(20)19-22-7-2-8-23(16-22)28(34)33-14-5-12-27(33)26-11-4-10-25(31-26)18-21-6-3-9-24(29)17-21;2-1-3/h2-4,6-11,13,15-17,27H,5,12,14,18-19H2,1H3;1H,(H,2,3). The predicted octanol–water partition coefficient (Wildman–Crippen LogP) is 5.04. The van der Waals surface area contributed by atoms with Crippen molar-refractivity contribution in [3.05, 3.63) is 119 Å². The first-order valence-corrected chi connectivity index (χ1v) is 12.1. The van der Waals surface area contributed by atoms with Crippen LogP contribution >= 0.6 is 0 Å². The fraction of sp³-hybridized carbons (Fsp3) is 0.241. The van der Waals surface area contributed by atoms with Crippen molar-refractivity contribution >= 4 is 12.4 Å². The van der Waals surface area contributed by atoms with Gasteiger partial charge < -0.3 is 14.6 Å². The summed E-state index contributed by atoms with van der Waals surface area (Å²) in [5.74, 6) is 0.733. The highest BCUT2D eigenvalue weighted by molar-refractivity contribution is 5.94. The molecule has 1 aliphatic rings. The van der Waals surface area contributed by atoms with Crippen LogP contribution in [0.3, 0.4) is 0 Å². The van der Waals surface area contributed by atoms with Gasteiger partial charge in [0.15, 0.2) is 0 Å². The van der Waals surface area contributed by atoms with Gasteiger partial charge in [0.05, 0.1) is 11.7 Å². The number of benzene rings is 2. The molecule has 1 aliphatic heterocycles. The molecule has 5 rings (SSSR count). The van der Waals surface area contributed by atoms with E-state index in [1.807, 2.05) is 66.6 Å². The molecular weight excluding hydrogens is 471 g/mol. The molecule has 2 aromatic carbocycles. The Morgan fingerprint density at radius 2 is 1.86 bits per heavy atom. The van der Waals surface area contributed by atoms with E-state index >= 15 is 0 Å². The molecular formula is C29H29FN4O3. The van der Waals surface area contributed by atoms with Crippen molar-refractivity contribution in [2.75, 3.05) is 6.54 Å². The van der Waals surface area contributed by atoms with E-state index < -0.39 is 0 Å². The SMILES string of the molecule is Cc1nccn1Cc1cccc(C(=O)N2CCCC2c2cccc(Cc3cccc(F)c3)n2)c1.O=CO. The lowest BCUT2D eigenvalue weighted by molar-refractivity contribution is -0.122. The largest absolute Gasteiger partial charge is 0.483 e.